The van der Waals surface area contributed by atoms with E-state index in [1.165, 1.54) is 0 Å². The summed E-state index contributed by atoms with van der Waals surface area (Å²) in [6, 6.07) is 13.7. The molecule has 0 amide bonds. The molecule has 0 bridgehead atoms. The number of aliphatic hydroxyl groups excluding tert-OH is 1. The maximum atomic E-state index is 9.05. The van der Waals surface area contributed by atoms with Crippen LogP contribution in [0.5, 0.6) is 0 Å². The molecule has 0 spiro atoms. The first-order chi connectivity index (χ1) is 7.90. The van der Waals surface area contributed by atoms with Crippen LogP contribution in [-0.4, -0.2) is 9.67 Å². The number of rotatable bonds is 2. The lowest BCUT2D eigenvalue weighted by molar-refractivity contribution is 0.272. The van der Waals surface area contributed by atoms with E-state index >= 15 is 0 Å². The van der Waals surface area contributed by atoms with Gasteiger partial charge in [0, 0.05) is 17.5 Å². The monoisotopic (exact) mass is 211 g/mol. The van der Waals surface area contributed by atoms with Gasteiger partial charge in [-0.1, -0.05) is 30.0 Å². The average Bonchev–Trinajstić information content (AvgIpc) is 2.78. The minimum atomic E-state index is 0.0556. The molecule has 2 rings (SSSR count). The summed E-state index contributed by atoms with van der Waals surface area (Å²) in [4.78, 5) is 0. The molecule has 0 radical (unpaired) electrons. The van der Waals surface area contributed by atoms with Gasteiger partial charge in [0.1, 0.15) is 0 Å². The van der Waals surface area contributed by atoms with Crippen molar-refractivity contribution in [3.05, 3.63) is 59.9 Å². The molecule has 1 N–H and O–H groups in total. The Morgan fingerprint density at radius 3 is 2.62 bits per heavy atom. The Balaban J connectivity index is 2.06. The Bertz CT molecular complexity index is 502. The van der Waals surface area contributed by atoms with Crippen LogP contribution in [-0.2, 0) is 13.2 Å². The maximum Gasteiger partial charge on any atom is 0.0838 e. The molecule has 0 aliphatic carbocycles. The van der Waals surface area contributed by atoms with Gasteiger partial charge in [0.15, 0.2) is 0 Å². The molecular weight excluding hydrogens is 198 g/mol. The van der Waals surface area contributed by atoms with Gasteiger partial charge in [0.25, 0.3) is 0 Å². The highest BCUT2D eigenvalue weighted by atomic mass is 16.3. The van der Waals surface area contributed by atoms with Crippen LogP contribution in [0, 0.1) is 11.8 Å². The largest absolute Gasteiger partial charge is 0.390 e. The first-order valence-corrected chi connectivity index (χ1v) is 5.19. The summed E-state index contributed by atoms with van der Waals surface area (Å²) < 4.78 is 1.94. The molecule has 2 nitrogen and oxygen atoms in total. The van der Waals surface area contributed by atoms with Gasteiger partial charge in [-0.05, 0) is 24.3 Å². The lowest BCUT2D eigenvalue weighted by Gasteiger charge is -2.00. The molecule has 1 aromatic heterocycles. The Kier molecular flexibility index (Phi) is 3.42. The van der Waals surface area contributed by atoms with Crippen molar-refractivity contribution in [1.82, 2.24) is 4.57 Å². The summed E-state index contributed by atoms with van der Waals surface area (Å²) in [6.45, 7) is 0.664. The summed E-state index contributed by atoms with van der Waals surface area (Å²) >= 11 is 0. The molecule has 0 saturated heterocycles. The Morgan fingerprint density at radius 2 is 1.88 bits per heavy atom. The molecule has 2 aromatic rings. The molecule has 0 saturated carbocycles. The van der Waals surface area contributed by atoms with Crippen LogP contribution in [0.1, 0.15) is 11.3 Å². The van der Waals surface area contributed by atoms with Crippen molar-refractivity contribution < 1.29 is 5.11 Å². The van der Waals surface area contributed by atoms with Crippen LogP contribution >= 0.6 is 0 Å². The normalized spacial score (nSPS) is 9.56. The minimum Gasteiger partial charge on any atom is -0.390 e. The van der Waals surface area contributed by atoms with Gasteiger partial charge in [-0.2, -0.15) is 0 Å². The number of hydrogen-bond acceptors (Lipinski definition) is 1. The standard InChI is InChI=1S/C14H13NO/c16-12-14-9-5-11-15(14)10-4-8-13-6-2-1-3-7-13/h1-3,5-7,9,11,16H,10,12H2. The molecule has 0 fully saturated rings. The third kappa shape index (κ3) is 2.53. The molecule has 0 atom stereocenters. The van der Waals surface area contributed by atoms with E-state index in [9.17, 15) is 0 Å². The topological polar surface area (TPSA) is 25.2 Å². The lowest BCUT2D eigenvalue weighted by Crippen LogP contribution is -1.99. The molecule has 80 valence electrons. The summed E-state index contributed by atoms with van der Waals surface area (Å²) in [5.41, 5.74) is 1.91. The fourth-order valence-corrected chi connectivity index (χ4v) is 1.50. The van der Waals surface area contributed by atoms with Gasteiger partial charge >= 0.3 is 0 Å². The van der Waals surface area contributed by atoms with Gasteiger partial charge in [-0.15, -0.1) is 0 Å². The fraction of sp³-hybridized carbons (Fsp3) is 0.143. The van der Waals surface area contributed by atoms with Crippen molar-refractivity contribution in [1.29, 1.82) is 0 Å². The molecular formula is C14H13NO. The first-order valence-electron chi connectivity index (χ1n) is 5.19. The number of aliphatic hydroxyl groups is 1. The molecule has 2 heteroatoms. The SMILES string of the molecule is OCc1cccn1CC#Cc1ccccc1. The number of aromatic nitrogens is 1. The molecule has 0 unspecified atom stereocenters. The molecule has 1 aromatic carbocycles. The van der Waals surface area contributed by atoms with Crippen LogP contribution in [0.25, 0.3) is 0 Å². The lowest BCUT2D eigenvalue weighted by atomic mass is 10.2. The van der Waals surface area contributed by atoms with Crippen molar-refractivity contribution in [3.63, 3.8) is 0 Å². The quantitative estimate of drug-likeness (QED) is 0.755. The Labute approximate surface area is 95.2 Å². The summed E-state index contributed by atoms with van der Waals surface area (Å²) in [6.07, 6.45) is 1.92. The van der Waals surface area contributed by atoms with Crippen molar-refractivity contribution in [2.45, 2.75) is 13.2 Å². The Hall–Kier alpha value is -1.98. The fourth-order valence-electron chi connectivity index (χ4n) is 1.50. The predicted octanol–water partition coefficient (Wildman–Crippen LogP) is 2.03. The van der Waals surface area contributed by atoms with Crippen LogP contribution in [0.15, 0.2) is 48.7 Å². The average molecular weight is 211 g/mol. The number of hydrogen-bond donors (Lipinski definition) is 1. The second kappa shape index (κ2) is 5.20. The third-order valence-electron chi connectivity index (χ3n) is 2.34. The second-order valence-corrected chi connectivity index (χ2v) is 3.45. The number of nitrogens with zero attached hydrogens (tertiary/aromatic N) is 1. The zero-order valence-electron chi connectivity index (χ0n) is 8.93. The second-order valence-electron chi connectivity index (χ2n) is 3.45. The van der Waals surface area contributed by atoms with E-state index in [4.69, 9.17) is 5.11 Å². The highest BCUT2D eigenvalue weighted by molar-refractivity contribution is 5.33. The summed E-state index contributed by atoms with van der Waals surface area (Å²) in [5, 5.41) is 9.05. The minimum absolute atomic E-state index is 0.0556. The highest BCUT2D eigenvalue weighted by Gasteiger charge is 1.95. The number of benzene rings is 1. The van der Waals surface area contributed by atoms with Crippen molar-refractivity contribution >= 4 is 0 Å². The molecule has 0 aliphatic heterocycles. The zero-order valence-corrected chi connectivity index (χ0v) is 8.93. The van der Waals surface area contributed by atoms with Crippen LogP contribution in [0.4, 0.5) is 0 Å². The smallest absolute Gasteiger partial charge is 0.0838 e. The van der Waals surface area contributed by atoms with E-state index in [0.29, 0.717) is 6.54 Å². The van der Waals surface area contributed by atoms with Gasteiger partial charge in [0.2, 0.25) is 0 Å². The summed E-state index contributed by atoms with van der Waals surface area (Å²) in [7, 11) is 0. The predicted molar refractivity (Wildman–Crippen MR) is 63.7 cm³/mol. The third-order valence-corrected chi connectivity index (χ3v) is 2.34. The first kappa shape index (κ1) is 10.5. The van der Waals surface area contributed by atoms with Gasteiger partial charge in [-0.25, -0.2) is 0 Å². The van der Waals surface area contributed by atoms with Crippen LogP contribution in [0.3, 0.4) is 0 Å². The van der Waals surface area contributed by atoms with E-state index in [-0.39, 0.29) is 6.61 Å². The van der Waals surface area contributed by atoms with E-state index < -0.39 is 0 Å². The van der Waals surface area contributed by atoms with Crippen molar-refractivity contribution in [2.24, 2.45) is 0 Å². The van der Waals surface area contributed by atoms with Crippen LogP contribution in [0.2, 0.25) is 0 Å². The zero-order chi connectivity index (χ0) is 11.2. The van der Waals surface area contributed by atoms with Gasteiger partial charge in [-0.3, -0.25) is 0 Å². The van der Waals surface area contributed by atoms with E-state index in [0.717, 1.165) is 11.3 Å². The highest BCUT2D eigenvalue weighted by Crippen LogP contribution is 2.01. The molecule has 16 heavy (non-hydrogen) atoms. The van der Waals surface area contributed by atoms with Gasteiger partial charge < -0.3 is 9.67 Å². The maximum absolute atomic E-state index is 9.05. The Morgan fingerprint density at radius 1 is 1.06 bits per heavy atom. The van der Waals surface area contributed by atoms with Gasteiger partial charge in [0.05, 0.1) is 13.2 Å². The van der Waals surface area contributed by atoms with E-state index in [1.807, 2.05) is 53.2 Å². The van der Waals surface area contributed by atoms with Crippen molar-refractivity contribution in [3.8, 4) is 11.8 Å². The molecule has 1 heterocycles. The van der Waals surface area contributed by atoms with Crippen LogP contribution < -0.4 is 0 Å². The van der Waals surface area contributed by atoms with E-state index in [1.54, 1.807) is 0 Å². The summed E-state index contributed by atoms with van der Waals surface area (Å²) in [5.74, 6) is 6.16. The van der Waals surface area contributed by atoms with E-state index in [2.05, 4.69) is 11.8 Å². The van der Waals surface area contributed by atoms with Crippen molar-refractivity contribution in [2.75, 3.05) is 0 Å². The molecule has 0 aliphatic rings.